The first-order chi connectivity index (χ1) is 16.1. The first kappa shape index (κ1) is 22.5. The molecule has 0 fully saturated rings. The lowest BCUT2D eigenvalue weighted by Gasteiger charge is -2.28. The van der Waals surface area contributed by atoms with Gasteiger partial charge in [0.25, 0.3) is 11.5 Å². The van der Waals surface area contributed by atoms with Crippen LogP contribution in [0.1, 0.15) is 27.3 Å². The van der Waals surface area contributed by atoms with Gasteiger partial charge in [-0.25, -0.2) is 0 Å². The van der Waals surface area contributed by atoms with Crippen molar-refractivity contribution in [2.75, 3.05) is 27.4 Å². The third kappa shape index (κ3) is 5.38. The van der Waals surface area contributed by atoms with Gasteiger partial charge in [-0.1, -0.05) is 0 Å². The third-order valence-electron chi connectivity index (χ3n) is 5.49. The van der Waals surface area contributed by atoms with E-state index in [9.17, 15) is 9.59 Å². The minimum atomic E-state index is -0.162. The van der Waals surface area contributed by atoms with Crippen molar-refractivity contribution in [1.29, 1.82) is 0 Å². The molecule has 4 rings (SSSR count). The van der Waals surface area contributed by atoms with Crippen LogP contribution in [-0.2, 0) is 30.9 Å². The van der Waals surface area contributed by atoms with Crippen LogP contribution in [0.3, 0.4) is 0 Å². The number of hydrogen-bond acceptors (Lipinski definition) is 7. The summed E-state index contributed by atoms with van der Waals surface area (Å²) in [7, 11) is 3.17. The predicted molar refractivity (Wildman–Crippen MR) is 120 cm³/mol. The summed E-state index contributed by atoms with van der Waals surface area (Å²) in [5.74, 6) is 1.18. The first-order valence-electron chi connectivity index (χ1n) is 10.7. The van der Waals surface area contributed by atoms with E-state index in [1.165, 1.54) is 10.6 Å². The second-order valence-corrected chi connectivity index (χ2v) is 7.67. The number of aromatic nitrogens is 3. The summed E-state index contributed by atoms with van der Waals surface area (Å²) in [5, 5.41) is 0. The van der Waals surface area contributed by atoms with Crippen molar-refractivity contribution in [3.8, 4) is 11.5 Å². The van der Waals surface area contributed by atoms with Crippen molar-refractivity contribution in [3.05, 3.63) is 81.8 Å². The molecule has 0 saturated heterocycles. The van der Waals surface area contributed by atoms with Crippen molar-refractivity contribution in [1.82, 2.24) is 19.4 Å². The maximum absolute atomic E-state index is 13.1. The molecule has 9 nitrogen and oxygen atoms in total. The summed E-state index contributed by atoms with van der Waals surface area (Å²) in [6, 6.07) is 8.59. The highest BCUT2D eigenvalue weighted by molar-refractivity contribution is 5.94. The number of pyridine rings is 3. The lowest BCUT2D eigenvalue weighted by molar-refractivity contribution is 0.0732. The highest BCUT2D eigenvalue weighted by Gasteiger charge is 2.23. The molecule has 0 spiro atoms. The molecule has 0 aliphatic carbocycles. The van der Waals surface area contributed by atoms with E-state index in [1.54, 1.807) is 43.8 Å². The number of carbonyl (C=O) groups is 1. The quantitative estimate of drug-likeness (QED) is 0.518. The van der Waals surface area contributed by atoms with E-state index >= 15 is 0 Å². The number of fused-ring (bicyclic) bond motifs is 1. The van der Waals surface area contributed by atoms with E-state index in [4.69, 9.17) is 14.2 Å². The van der Waals surface area contributed by atoms with Crippen LogP contribution >= 0.6 is 0 Å². The summed E-state index contributed by atoms with van der Waals surface area (Å²) in [5.41, 5.74) is 2.99. The zero-order valence-corrected chi connectivity index (χ0v) is 18.7. The van der Waals surface area contributed by atoms with Crippen molar-refractivity contribution < 1.29 is 19.0 Å². The van der Waals surface area contributed by atoms with Crippen molar-refractivity contribution in [3.63, 3.8) is 0 Å². The van der Waals surface area contributed by atoms with Crippen LogP contribution < -0.4 is 15.0 Å². The molecule has 0 unspecified atom stereocenters. The standard InChI is InChI=1S/C24H26N4O5/c1-31-10-9-27-14-17(3-6-23(27)29)24(30)28-8-7-22-18(15-28)11-21(13-26-22)33-16-19-4-5-20(32-2)12-25-19/h3-6,11-14H,7-10,15-16H2,1-2H3. The summed E-state index contributed by atoms with van der Waals surface area (Å²) >= 11 is 0. The van der Waals surface area contributed by atoms with E-state index in [0.29, 0.717) is 56.3 Å². The predicted octanol–water partition coefficient (Wildman–Crippen LogP) is 2.07. The number of nitrogens with zero attached hydrogens (tertiary/aromatic N) is 4. The molecule has 0 radical (unpaired) electrons. The molecular formula is C24H26N4O5. The lowest BCUT2D eigenvalue weighted by Crippen LogP contribution is -2.37. The molecule has 0 saturated carbocycles. The molecule has 1 aliphatic rings. The summed E-state index contributed by atoms with van der Waals surface area (Å²) < 4.78 is 17.5. The topological polar surface area (TPSA) is 95.8 Å². The number of amides is 1. The highest BCUT2D eigenvalue weighted by atomic mass is 16.5. The molecule has 0 bridgehead atoms. The summed E-state index contributed by atoms with van der Waals surface area (Å²) in [6.07, 6.45) is 5.60. The fourth-order valence-electron chi connectivity index (χ4n) is 3.64. The van der Waals surface area contributed by atoms with Crippen LogP contribution in [0.4, 0.5) is 0 Å². The van der Waals surface area contributed by atoms with Crippen molar-refractivity contribution in [2.45, 2.75) is 26.1 Å². The largest absolute Gasteiger partial charge is 0.495 e. The van der Waals surface area contributed by atoms with E-state index in [-0.39, 0.29) is 11.5 Å². The Hall–Kier alpha value is -3.72. The molecule has 3 aromatic heterocycles. The minimum absolute atomic E-state index is 0.124. The van der Waals surface area contributed by atoms with Crippen LogP contribution in [0, 0.1) is 0 Å². The maximum atomic E-state index is 13.1. The van der Waals surface area contributed by atoms with Gasteiger partial charge >= 0.3 is 0 Å². The van der Waals surface area contributed by atoms with E-state index < -0.39 is 0 Å². The van der Waals surface area contributed by atoms with Gasteiger partial charge in [0.05, 0.1) is 37.4 Å². The van der Waals surface area contributed by atoms with E-state index in [2.05, 4.69) is 9.97 Å². The molecule has 33 heavy (non-hydrogen) atoms. The molecule has 0 aromatic carbocycles. The Morgan fingerprint density at radius 1 is 1.09 bits per heavy atom. The number of hydrogen-bond donors (Lipinski definition) is 0. The Labute approximate surface area is 191 Å². The van der Waals surface area contributed by atoms with E-state index in [0.717, 1.165) is 17.0 Å². The van der Waals surface area contributed by atoms with Gasteiger partial charge in [0.15, 0.2) is 0 Å². The van der Waals surface area contributed by atoms with Crippen LogP contribution in [0.2, 0.25) is 0 Å². The zero-order valence-electron chi connectivity index (χ0n) is 18.7. The van der Waals surface area contributed by atoms with Gasteiger partial charge in [0.2, 0.25) is 0 Å². The smallest absolute Gasteiger partial charge is 0.255 e. The van der Waals surface area contributed by atoms with Crippen LogP contribution in [-0.4, -0.2) is 52.7 Å². The molecule has 9 heteroatoms. The van der Waals surface area contributed by atoms with Crippen molar-refractivity contribution in [2.24, 2.45) is 0 Å². The molecule has 0 atom stereocenters. The molecule has 172 valence electrons. The van der Waals surface area contributed by atoms with Gasteiger partial charge in [-0.05, 0) is 29.8 Å². The fraction of sp³-hybridized carbons (Fsp3) is 0.333. The second-order valence-electron chi connectivity index (χ2n) is 7.67. The summed E-state index contributed by atoms with van der Waals surface area (Å²) in [4.78, 5) is 35.7. The highest BCUT2D eigenvalue weighted by Crippen LogP contribution is 2.23. The molecule has 0 N–H and O–H groups in total. The number of ether oxygens (including phenoxy) is 3. The fourth-order valence-corrected chi connectivity index (χ4v) is 3.64. The average molecular weight is 450 g/mol. The van der Waals surface area contributed by atoms with Gasteiger partial charge in [-0.15, -0.1) is 0 Å². The number of methoxy groups -OCH3 is 2. The molecule has 1 amide bonds. The van der Waals surface area contributed by atoms with Gasteiger partial charge in [0.1, 0.15) is 18.1 Å². The Balaban J connectivity index is 1.44. The molecule has 4 heterocycles. The normalized spacial score (nSPS) is 12.8. The Kier molecular flexibility index (Phi) is 6.99. The Bertz CT molecular complexity index is 1180. The molecular weight excluding hydrogens is 424 g/mol. The zero-order chi connectivity index (χ0) is 23.2. The van der Waals surface area contributed by atoms with Crippen LogP contribution in [0.5, 0.6) is 11.5 Å². The monoisotopic (exact) mass is 450 g/mol. The Morgan fingerprint density at radius 2 is 1.94 bits per heavy atom. The first-order valence-corrected chi connectivity index (χ1v) is 10.7. The van der Waals surface area contributed by atoms with Gasteiger partial charge in [-0.3, -0.25) is 19.6 Å². The minimum Gasteiger partial charge on any atom is -0.495 e. The van der Waals surface area contributed by atoms with Crippen LogP contribution in [0.25, 0.3) is 0 Å². The number of rotatable bonds is 8. The maximum Gasteiger partial charge on any atom is 0.255 e. The van der Waals surface area contributed by atoms with Crippen LogP contribution in [0.15, 0.2) is 53.7 Å². The van der Waals surface area contributed by atoms with Gasteiger partial charge in [-0.2, -0.15) is 0 Å². The van der Waals surface area contributed by atoms with E-state index in [1.807, 2.05) is 18.2 Å². The van der Waals surface area contributed by atoms with Gasteiger partial charge in [0, 0.05) is 51.1 Å². The second kappa shape index (κ2) is 10.3. The molecule has 1 aliphatic heterocycles. The summed E-state index contributed by atoms with van der Waals surface area (Å²) in [6.45, 7) is 2.08. The van der Waals surface area contributed by atoms with Gasteiger partial charge < -0.3 is 23.7 Å². The SMILES string of the molecule is COCCn1cc(C(=O)N2CCc3ncc(OCc4ccc(OC)cn4)cc3C2)ccc1=O. The average Bonchev–Trinajstić information content (AvgIpc) is 2.86. The Morgan fingerprint density at radius 3 is 2.70 bits per heavy atom. The molecule has 3 aromatic rings. The third-order valence-corrected chi connectivity index (χ3v) is 5.49. The van der Waals surface area contributed by atoms with Crippen molar-refractivity contribution >= 4 is 5.91 Å². The number of carbonyl (C=O) groups excluding carboxylic acids is 1. The lowest BCUT2D eigenvalue weighted by atomic mass is 10.0.